The molecule has 3 N–H and O–H groups in total. The number of hydrogen-bond donors (Lipinski definition) is 3. The normalized spacial score (nSPS) is 21.1. The van der Waals surface area contributed by atoms with Crippen molar-refractivity contribution in [2.75, 3.05) is 62.2 Å². The Morgan fingerprint density at radius 3 is 2.41 bits per heavy atom. The fourth-order valence-electron chi connectivity index (χ4n) is 13.5. The molecule has 0 radical (unpaired) electrons. The molecule has 18 heteroatoms. The number of carbonyl (C=O) groups is 2. The van der Waals surface area contributed by atoms with Gasteiger partial charge in [0, 0.05) is 68.7 Å². The number of aromatic nitrogens is 5. The number of phenols is 1. The number of piperazine rings is 1. The van der Waals surface area contributed by atoms with E-state index in [0.717, 1.165) is 128 Å². The summed E-state index contributed by atoms with van der Waals surface area (Å²) in [6.07, 6.45) is 9.32. The van der Waals surface area contributed by atoms with E-state index in [1.54, 1.807) is 34.6 Å². The molecular weight excluding hydrogens is 1030 g/mol. The number of pyridine rings is 1. The van der Waals surface area contributed by atoms with Crippen LogP contribution >= 0.6 is 11.3 Å². The highest BCUT2D eigenvalue weighted by Crippen LogP contribution is 2.41. The first kappa shape index (κ1) is 53.9. The van der Waals surface area contributed by atoms with E-state index in [2.05, 4.69) is 73.6 Å². The van der Waals surface area contributed by atoms with Gasteiger partial charge in [-0.25, -0.2) is 9.37 Å². The Labute approximate surface area is 471 Å². The molecule has 3 aromatic carbocycles. The van der Waals surface area contributed by atoms with Crippen LogP contribution in [0.1, 0.15) is 114 Å². The van der Waals surface area contributed by atoms with Crippen LogP contribution in [-0.4, -0.2) is 128 Å². The summed E-state index contributed by atoms with van der Waals surface area (Å²) in [5.41, 5.74) is 6.85. The number of carbonyl (C=O) groups excluding carboxylic acids is 2. The Hall–Kier alpha value is -6.76. The number of halogens is 1. The molecule has 7 aromatic rings. The molecule has 2 amide bonds. The van der Waals surface area contributed by atoms with E-state index in [1.165, 1.54) is 0 Å². The lowest BCUT2D eigenvalue weighted by atomic mass is 9.83. The van der Waals surface area contributed by atoms with Gasteiger partial charge in [0.25, 0.3) is 0 Å². The third kappa shape index (κ3) is 10.7. The zero-order valence-electron chi connectivity index (χ0n) is 46.8. The number of fused-ring (bicyclic) bond motifs is 4. The molecule has 0 saturated carbocycles. The number of nitrogens with one attached hydrogen (secondary N) is 2. The second-order valence-electron chi connectivity index (χ2n) is 23.7. The van der Waals surface area contributed by atoms with Gasteiger partial charge in [-0.05, 0) is 143 Å². The van der Waals surface area contributed by atoms with Crippen LogP contribution in [0.3, 0.4) is 0 Å². The SMILES string of the molecule is CCc1cccc2cc(O)cc(-c3ncc4c(N5CC6CCC(C5)N6)nc(OC[C@@H](C)N5CCC(CC6CN(c7cc([C@H](C(=O)N8CCC[C@H]8C(=O)N[C@@H](C)c8ccc(-c9scnc9C)cc8)C(C)C)on7)C6)CC5)nc4c3F)c12. The molecule has 16 nitrogen and oxygen atoms in total. The molecule has 5 aliphatic rings. The number of phenolic OH excluding ortho intramolecular Hbond substituents is 1. The van der Waals surface area contributed by atoms with E-state index in [9.17, 15) is 14.7 Å². The summed E-state index contributed by atoms with van der Waals surface area (Å²) in [6, 6.07) is 19.6. The number of amides is 2. The molecule has 4 aromatic heterocycles. The summed E-state index contributed by atoms with van der Waals surface area (Å²) < 4.78 is 29.6. The number of likely N-dealkylation sites (tertiary alicyclic amines) is 2. The fraction of sp³-hybridized carbons (Fsp3) is 0.500. The van der Waals surface area contributed by atoms with Crippen molar-refractivity contribution in [2.45, 2.75) is 129 Å². The number of benzene rings is 3. The van der Waals surface area contributed by atoms with E-state index in [0.29, 0.717) is 66.0 Å². The number of ether oxygens (including phenoxy) is 1. The van der Waals surface area contributed by atoms with Crippen LogP contribution in [0.25, 0.3) is 43.4 Å². The molecule has 5 aliphatic heterocycles. The van der Waals surface area contributed by atoms with Crippen LogP contribution in [0.5, 0.6) is 11.8 Å². The van der Waals surface area contributed by atoms with Crippen molar-refractivity contribution in [1.82, 2.24) is 45.5 Å². The molecule has 0 spiro atoms. The van der Waals surface area contributed by atoms with Crippen molar-refractivity contribution in [3.8, 4) is 33.5 Å². The molecule has 9 heterocycles. The van der Waals surface area contributed by atoms with Gasteiger partial charge in [0.1, 0.15) is 41.3 Å². The quantitative estimate of drug-likeness (QED) is 0.0785. The van der Waals surface area contributed by atoms with Crippen molar-refractivity contribution in [3.63, 3.8) is 0 Å². The van der Waals surface area contributed by atoms with Gasteiger partial charge in [-0.1, -0.05) is 68.4 Å². The Morgan fingerprint density at radius 1 is 0.912 bits per heavy atom. The monoisotopic (exact) mass is 1100 g/mol. The zero-order chi connectivity index (χ0) is 55.3. The maximum atomic E-state index is 17.2. The minimum absolute atomic E-state index is 0.0482. The molecule has 5 saturated heterocycles. The Kier molecular flexibility index (Phi) is 15.2. The predicted octanol–water partition coefficient (Wildman–Crippen LogP) is 10.2. The van der Waals surface area contributed by atoms with E-state index >= 15 is 4.39 Å². The highest BCUT2D eigenvalue weighted by molar-refractivity contribution is 7.13. The van der Waals surface area contributed by atoms with Crippen molar-refractivity contribution >= 4 is 56.5 Å². The van der Waals surface area contributed by atoms with Gasteiger partial charge in [-0.3, -0.25) is 19.5 Å². The third-order valence-corrected chi connectivity index (χ3v) is 18.9. The Bertz CT molecular complexity index is 3380. The number of hydrogen-bond acceptors (Lipinski definition) is 15. The first-order valence-corrected chi connectivity index (χ1v) is 30.0. The average molecular weight is 1100 g/mol. The summed E-state index contributed by atoms with van der Waals surface area (Å²) in [5.74, 6) is 1.76. The zero-order valence-corrected chi connectivity index (χ0v) is 47.6. The summed E-state index contributed by atoms with van der Waals surface area (Å²) >= 11 is 1.62. The maximum Gasteiger partial charge on any atom is 0.319 e. The van der Waals surface area contributed by atoms with Gasteiger partial charge in [0.2, 0.25) is 11.8 Å². The van der Waals surface area contributed by atoms with Crippen molar-refractivity contribution in [2.24, 2.45) is 17.8 Å². The lowest BCUT2D eigenvalue weighted by molar-refractivity contribution is -0.141. The third-order valence-electron chi connectivity index (χ3n) is 17.9. The second-order valence-corrected chi connectivity index (χ2v) is 24.5. The number of anilines is 2. The summed E-state index contributed by atoms with van der Waals surface area (Å²) in [4.78, 5) is 56.9. The van der Waals surface area contributed by atoms with Crippen molar-refractivity contribution in [1.29, 1.82) is 0 Å². The fourth-order valence-corrected chi connectivity index (χ4v) is 14.3. The van der Waals surface area contributed by atoms with Crippen molar-refractivity contribution in [3.05, 3.63) is 101 Å². The summed E-state index contributed by atoms with van der Waals surface area (Å²) in [5, 5.41) is 24.4. The molecule has 2 bridgehead atoms. The smallest absolute Gasteiger partial charge is 0.319 e. The minimum Gasteiger partial charge on any atom is -0.508 e. The molecule has 5 fully saturated rings. The number of rotatable bonds is 17. The van der Waals surface area contributed by atoms with E-state index in [-0.39, 0.29) is 52.8 Å². The van der Waals surface area contributed by atoms with Crippen LogP contribution in [0.4, 0.5) is 16.0 Å². The first-order chi connectivity index (χ1) is 38.8. The molecule has 2 unspecified atom stereocenters. The molecule has 12 rings (SSSR count). The van der Waals surface area contributed by atoms with Crippen molar-refractivity contribution < 1.29 is 28.3 Å². The average Bonchev–Trinajstić information content (AvgIpc) is 4.35. The summed E-state index contributed by atoms with van der Waals surface area (Å²) in [6.45, 7) is 18.4. The van der Waals surface area contributed by atoms with Gasteiger partial charge in [-0.2, -0.15) is 9.97 Å². The van der Waals surface area contributed by atoms with E-state index in [1.807, 2.05) is 57.5 Å². The molecule has 420 valence electrons. The van der Waals surface area contributed by atoms with E-state index < -0.39 is 17.8 Å². The van der Waals surface area contributed by atoms with Crippen LogP contribution in [0, 0.1) is 30.5 Å². The molecule has 0 aliphatic carbocycles. The van der Waals surface area contributed by atoms with Gasteiger partial charge >= 0.3 is 6.01 Å². The van der Waals surface area contributed by atoms with E-state index in [4.69, 9.17) is 24.2 Å². The summed E-state index contributed by atoms with van der Waals surface area (Å²) in [7, 11) is 0. The van der Waals surface area contributed by atoms with Gasteiger partial charge in [0.15, 0.2) is 17.4 Å². The van der Waals surface area contributed by atoms with Crippen LogP contribution in [0.2, 0.25) is 0 Å². The standard InChI is InChI=1S/C62H74FN11O5S/c1-7-41-10-8-11-44-25-47(75)26-48(54(41)44)56-55(63)57-49(28-64-56)59(73-31-45-17-18-46(32-73)67-45)69-62(68-57)78-33-36(4)71-22-19-39(20-23-71)24-40-29-72(30-40)52-27-51(79-70-52)53(35(2)3)61(77)74-21-9-12-50(74)60(76)66-37(5)42-13-15-43(16-14-42)58-38(6)65-34-80-58/h8,10-11,13-16,25-28,34-37,39-40,45-46,50,53,67,75H,7,9,12,17-24,29-33H2,1-6H3,(H,66,76)/t36-,37+,45?,46?,50+,53-/m1/s1. The lowest BCUT2D eigenvalue weighted by Gasteiger charge is -2.43. The largest absolute Gasteiger partial charge is 0.508 e. The highest BCUT2D eigenvalue weighted by Gasteiger charge is 2.42. The Morgan fingerprint density at radius 2 is 1.69 bits per heavy atom. The number of piperidine rings is 1. The maximum absolute atomic E-state index is 17.2. The second kappa shape index (κ2) is 22.6. The van der Waals surface area contributed by atoms with Crippen LogP contribution < -0.4 is 25.2 Å². The highest BCUT2D eigenvalue weighted by atomic mass is 32.1. The molecule has 6 atom stereocenters. The Balaban J connectivity index is 0.645. The molecule has 80 heavy (non-hydrogen) atoms. The van der Waals surface area contributed by atoms with Gasteiger partial charge < -0.3 is 39.7 Å². The number of aryl methyl sites for hydroxylation is 2. The van der Waals surface area contributed by atoms with Crippen LogP contribution in [0.15, 0.2) is 76.9 Å². The minimum atomic E-state index is -0.559. The topological polar surface area (TPSA) is 178 Å². The number of thiazole rings is 1. The predicted molar refractivity (Wildman–Crippen MR) is 311 cm³/mol. The lowest BCUT2D eigenvalue weighted by Crippen LogP contribution is -2.51. The number of aromatic hydroxyl groups is 1. The number of nitrogens with zero attached hydrogens (tertiary/aromatic N) is 9. The van der Waals surface area contributed by atoms with Gasteiger partial charge in [-0.15, -0.1) is 11.3 Å². The first-order valence-electron chi connectivity index (χ1n) is 29.1. The molecular formula is C62H74FN11O5S. The van der Waals surface area contributed by atoms with Gasteiger partial charge in [0.05, 0.1) is 27.5 Å². The van der Waals surface area contributed by atoms with Crippen LogP contribution in [-0.2, 0) is 16.0 Å².